The molecule has 18 N–H and O–H groups in total. The summed E-state index contributed by atoms with van der Waals surface area (Å²) in [6, 6.07) is 17.4. The van der Waals surface area contributed by atoms with Crippen molar-refractivity contribution in [3.8, 4) is 0 Å². The minimum Gasteiger partial charge on any atom is -0.398 e. The Bertz CT molecular complexity index is 1910. The highest BCUT2D eigenvalue weighted by atomic mass is 79.9. The molecule has 17 heteroatoms. The number of carbonyl (C=O) groups is 4. The predicted molar refractivity (Wildman–Crippen MR) is 191 cm³/mol. The van der Waals surface area contributed by atoms with Crippen molar-refractivity contribution in [1.29, 1.82) is 0 Å². The average molecular weight is 745 g/mol. The highest BCUT2D eigenvalue weighted by molar-refractivity contribution is 9.10. The molecule has 48 heavy (non-hydrogen) atoms. The van der Waals surface area contributed by atoms with Crippen LogP contribution in [-0.4, -0.2) is 32.0 Å². The molecule has 0 unspecified atom stereocenters. The number of primary sulfonamides is 1. The molecule has 0 saturated heterocycles. The molecule has 0 heterocycles. The second-order valence-electron chi connectivity index (χ2n) is 10.1. The zero-order valence-corrected chi connectivity index (χ0v) is 28.7. The third kappa shape index (κ3) is 11.9. The molecular weight excluding hydrogens is 706 g/mol. The third-order valence-electron chi connectivity index (χ3n) is 6.29. The van der Waals surface area contributed by atoms with Crippen molar-refractivity contribution in [2.45, 2.75) is 25.7 Å². The van der Waals surface area contributed by atoms with Crippen molar-refractivity contribution >= 4 is 72.3 Å². The number of rotatable bonds is 5. The van der Waals surface area contributed by atoms with Gasteiger partial charge in [-0.15, -0.1) is 0 Å². The molecule has 15 nitrogen and oxygen atoms in total. The van der Waals surface area contributed by atoms with Crippen LogP contribution >= 0.6 is 15.9 Å². The fraction of sp³-hybridized carbons (Fsp3) is 0.0968. The minimum absolute atomic E-state index is 0.0102. The Labute approximate surface area is 286 Å². The number of hydrogen-bond donors (Lipinski definition) is 9. The molecule has 256 valence electrons. The number of aryl methyl sites for hydroxylation is 3. The Morgan fingerprint density at radius 2 is 1.04 bits per heavy atom. The predicted octanol–water partition coefficient (Wildman–Crippen LogP) is 1.81. The number of carbonyl (C=O) groups excluding carboxylic acids is 4. The van der Waals surface area contributed by atoms with Gasteiger partial charge in [-0.3, -0.25) is 19.2 Å². The van der Waals surface area contributed by atoms with Gasteiger partial charge in [-0.2, -0.15) is 0 Å². The summed E-state index contributed by atoms with van der Waals surface area (Å²) in [4.78, 5) is 42.9. The largest absolute Gasteiger partial charge is 0.398 e. The lowest BCUT2D eigenvalue weighted by Crippen LogP contribution is -2.16. The smallest absolute Gasteiger partial charge is 0.251 e. The minimum atomic E-state index is -3.80. The molecule has 0 aliphatic heterocycles. The van der Waals surface area contributed by atoms with Crippen LogP contribution in [0.25, 0.3) is 0 Å². The summed E-state index contributed by atoms with van der Waals surface area (Å²) in [5, 5.41) is 4.85. The molecule has 0 fully saturated rings. The van der Waals surface area contributed by atoms with Gasteiger partial charge in [0.25, 0.3) is 23.6 Å². The lowest BCUT2D eigenvalue weighted by atomic mass is 10.0. The molecule has 4 aromatic rings. The molecule has 0 aliphatic carbocycles. The first-order valence-electron chi connectivity index (χ1n) is 13.5. The van der Waals surface area contributed by atoms with Gasteiger partial charge >= 0.3 is 0 Å². The highest BCUT2D eigenvalue weighted by Crippen LogP contribution is 2.20. The molecule has 0 radical (unpaired) electrons. The summed E-state index contributed by atoms with van der Waals surface area (Å²) < 4.78 is 22.5. The number of primary amides is 4. The first-order valence-corrected chi connectivity index (χ1v) is 15.8. The maximum Gasteiger partial charge on any atom is 0.251 e. The van der Waals surface area contributed by atoms with E-state index in [0.717, 1.165) is 27.2 Å². The van der Waals surface area contributed by atoms with E-state index in [1.807, 2.05) is 39.0 Å². The number of amides is 4. The normalized spacial score (nSPS) is 10.1. The second-order valence-corrected chi connectivity index (χ2v) is 12.5. The first kappa shape index (κ1) is 40.4. The van der Waals surface area contributed by atoms with E-state index < -0.39 is 33.7 Å². The maximum absolute atomic E-state index is 10.9. The molecule has 0 aliphatic rings. The van der Waals surface area contributed by atoms with Gasteiger partial charge in [0.05, 0.1) is 27.1 Å². The summed E-state index contributed by atoms with van der Waals surface area (Å²) in [5.41, 5.74) is 47.5. The quantitative estimate of drug-likeness (QED) is 0.133. The van der Waals surface area contributed by atoms with E-state index >= 15 is 0 Å². The standard InChI is InChI=1S/C9H12N2O.C8H10N2O.C7H7BrN2O.C7H9N3O3S/c1-5-3-4-6(2)8(10)7(5)9(11)12;1-5-2-3-7(9)6(4-5)8(10)11;8-4-1-2-6(9)5(3-4)7(10)11;8-6-3-4(14(10,12)13)1-2-5(6)7(9)11/h3-4H,10H2,1-2H3,(H2,11,12);2-4H,9H2,1H3,(H2,10,11);1-3H,9H2,(H2,10,11);1-3H,8H2,(H2,9,11)(H2,10,12,13). The topological polar surface area (TPSA) is 337 Å². The number of anilines is 4. The zero-order valence-electron chi connectivity index (χ0n) is 26.3. The van der Waals surface area contributed by atoms with Gasteiger partial charge < -0.3 is 45.9 Å². The molecule has 0 saturated carbocycles. The number of sulfonamides is 1. The van der Waals surface area contributed by atoms with Crippen molar-refractivity contribution in [1.82, 2.24) is 0 Å². The zero-order chi connectivity index (χ0) is 37.1. The lowest BCUT2D eigenvalue weighted by Gasteiger charge is -2.07. The molecule has 0 atom stereocenters. The van der Waals surface area contributed by atoms with Gasteiger partial charge in [-0.05, 0) is 80.4 Å². The first-order chi connectivity index (χ1) is 22.1. The van der Waals surface area contributed by atoms with Gasteiger partial charge in [0.15, 0.2) is 0 Å². The van der Waals surface area contributed by atoms with E-state index in [-0.39, 0.29) is 16.1 Å². The van der Waals surface area contributed by atoms with Gasteiger partial charge in [0.1, 0.15) is 0 Å². The fourth-order valence-electron chi connectivity index (χ4n) is 3.73. The van der Waals surface area contributed by atoms with E-state index in [2.05, 4.69) is 15.9 Å². The van der Waals surface area contributed by atoms with Gasteiger partial charge in [0, 0.05) is 27.2 Å². The molecular formula is C31H38BrN9O6S. The average Bonchev–Trinajstić information content (AvgIpc) is 2.97. The van der Waals surface area contributed by atoms with Crippen molar-refractivity contribution in [3.63, 3.8) is 0 Å². The monoisotopic (exact) mass is 743 g/mol. The van der Waals surface area contributed by atoms with Crippen LogP contribution < -0.4 is 51.0 Å². The number of halogens is 1. The van der Waals surface area contributed by atoms with Crippen molar-refractivity contribution < 1.29 is 27.6 Å². The van der Waals surface area contributed by atoms with Crippen LogP contribution in [-0.2, 0) is 10.0 Å². The Balaban J connectivity index is 0.000000322. The van der Waals surface area contributed by atoms with Gasteiger partial charge in [-0.1, -0.05) is 39.7 Å². The summed E-state index contributed by atoms with van der Waals surface area (Å²) >= 11 is 3.20. The maximum atomic E-state index is 10.9. The van der Waals surface area contributed by atoms with Crippen molar-refractivity contribution in [2.75, 3.05) is 22.9 Å². The fourth-order valence-corrected chi connectivity index (χ4v) is 4.64. The van der Waals surface area contributed by atoms with E-state index in [1.54, 1.807) is 30.3 Å². The van der Waals surface area contributed by atoms with Gasteiger partial charge in [-0.25, -0.2) is 13.6 Å². The summed E-state index contributed by atoms with van der Waals surface area (Å²) in [6.45, 7) is 5.54. The molecule has 0 spiro atoms. The summed E-state index contributed by atoms with van der Waals surface area (Å²) in [6.07, 6.45) is 0. The van der Waals surface area contributed by atoms with Crippen LogP contribution in [0.4, 0.5) is 22.7 Å². The number of hydrogen-bond acceptors (Lipinski definition) is 10. The third-order valence-corrected chi connectivity index (χ3v) is 7.69. The number of nitrogens with two attached hydrogens (primary N) is 9. The Hall–Kier alpha value is -5.65. The molecule has 0 bridgehead atoms. The molecule has 0 aromatic heterocycles. The Morgan fingerprint density at radius 3 is 1.44 bits per heavy atom. The van der Waals surface area contributed by atoms with E-state index in [9.17, 15) is 27.6 Å². The molecule has 4 aromatic carbocycles. The van der Waals surface area contributed by atoms with Gasteiger partial charge in [0.2, 0.25) is 10.0 Å². The molecule has 4 amide bonds. The van der Waals surface area contributed by atoms with Crippen molar-refractivity contribution in [2.24, 2.45) is 28.1 Å². The summed E-state index contributed by atoms with van der Waals surface area (Å²) in [5.74, 6) is -2.17. The Kier molecular flexibility index (Phi) is 14.6. The van der Waals surface area contributed by atoms with E-state index in [0.29, 0.717) is 33.8 Å². The van der Waals surface area contributed by atoms with Crippen LogP contribution in [0.2, 0.25) is 0 Å². The SMILES string of the molecule is Cc1ccc(C)c(C(N)=O)c1N.Cc1ccc(N)c(C(N)=O)c1.NC(=O)c1cc(Br)ccc1N.NC(=O)c1ccc(S(N)(=O)=O)cc1N. The van der Waals surface area contributed by atoms with Crippen LogP contribution in [0.5, 0.6) is 0 Å². The van der Waals surface area contributed by atoms with Crippen LogP contribution in [0.1, 0.15) is 58.1 Å². The molecule has 4 rings (SSSR count). The number of benzene rings is 4. The van der Waals surface area contributed by atoms with Crippen LogP contribution in [0.3, 0.4) is 0 Å². The van der Waals surface area contributed by atoms with E-state index in [4.69, 9.17) is 51.0 Å². The van der Waals surface area contributed by atoms with Crippen molar-refractivity contribution in [3.05, 3.63) is 110 Å². The highest BCUT2D eigenvalue weighted by Gasteiger charge is 2.12. The van der Waals surface area contributed by atoms with E-state index in [1.165, 1.54) is 12.1 Å². The van der Waals surface area contributed by atoms with Crippen LogP contribution in [0, 0.1) is 20.8 Å². The summed E-state index contributed by atoms with van der Waals surface area (Å²) in [7, 11) is -3.80. The lowest BCUT2D eigenvalue weighted by molar-refractivity contribution is 0.0992. The Morgan fingerprint density at radius 1 is 0.562 bits per heavy atom. The second kappa shape index (κ2) is 17.3. The number of nitrogen functional groups attached to an aromatic ring is 4. The van der Waals surface area contributed by atoms with Crippen LogP contribution in [0.15, 0.2) is 76.1 Å².